The molecule has 0 spiro atoms. The molecule has 1 aromatic carbocycles. The van der Waals surface area contributed by atoms with Crippen LogP contribution in [-0.2, 0) is 0 Å². The highest BCUT2D eigenvalue weighted by molar-refractivity contribution is 9.10. The highest BCUT2D eigenvalue weighted by Crippen LogP contribution is 2.26. The molecular formula is C11H9BrFNO. The number of hydrogen-bond acceptors (Lipinski definition) is 2. The van der Waals surface area contributed by atoms with Crippen LogP contribution in [0.15, 0.2) is 45.7 Å². The quantitative estimate of drug-likeness (QED) is 0.909. The van der Waals surface area contributed by atoms with E-state index in [4.69, 9.17) is 10.2 Å². The first-order valence-corrected chi connectivity index (χ1v) is 5.21. The van der Waals surface area contributed by atoms with Crippen LogP contribution in [0.1, 0.15) is 17.2 Å². The monoisotopic (exact) mass is 269 g/mol. The number of rotatable bonds is 2. The molecule has 2 nitrogen and oxygen atoms in total. The first kappa shape index (κ1) is 10.4. The standard InChI is InChI=1S/C11H9BrFNO/c12-9-3-1-2-8(10(9)13)11(14)7-4-5-15-6-7/h1-6,11H,14H2. The Bertz CT molecular complexity index is 456. The van der Waals surface area contributed by atoms with Crippen molar-refractivity contribution >= 4 is 15.9 Å². The maximum absolute atomic E-state index is 13.7. The minimum atomic E-state index is -0.499. The van der Waals surface area contributed by atoms with Crippen LogP contribution < -0.4 is 5.73 Å². The Morgan fingerprint density at radius 2 is 2.13 bits per heavy atom. The summed E-state index contributed by atoms with van der Waals surface area (Å²) in [7, 11) is 0. The summed E-state index contributed by atoms with van der Waals surface area (Å²) in [5.74, 6) is -0.328. The summed E-state index contributed by atoms with van der Waals surface area (Å²) in [5.41, 5.74) is 7.12. The molecule has 0 aliphatic heterocycles. The summed E-state index contributed by atoms with van der Waals surface area (Å²) in [6.07, 6.45) is 3.04. The van der Waals surface area contributed by atoms with Gasteiger partial charge in [0.25, 0.3) is 0 Å². The summed E-state index contributed by atoms with van der Waals surface area (Å²) < 4.78 is 19.0. The number of nitrogens with two attached hydrogens (primary N) is 1. The van der Waals surface area contributed by atoms with E-state index in [1.807, 2.05) is 0 Å². The number of halogens is 2. The van der Waals surface area contributed by atoms with Crippen LogP contribution >= 0.6 is 15.9 Å². The Labute approximate surface area is 95.0 Å². The first-order valence-electron chi connectivity index (χ1n) is 4.41. The molecular weight excluding hydrogens is 261 g/mol. The van der Waals surface area contributed by atoms with Gasteiger partial charge in [0.2, 0.25) is 0 Å². The molecule has 0 amide bonds. The average molecular weight is 270 g/mol. The molecule has 4 heteroatoms. The minimum absolute atomic E-state index is 0.328. The SMILES string of the molecule is NC(c1ccoc1)c1cccc(Br)c1F. The molecule has 2 rings (SSSR count). The van der Waals surface area contributed by atoms with E-state index in [1.54, 1.807) is 24.3 Å². The third-order valence-electron chi connectivity index (χ3n) is 2.22. The van der Waals surface area contributed by atoms with Crippen LogP contribution in [0.5, 0.6) is 0 Å². The largest absolute Gasteiger partial charge is 0.472 e. The average Bonchev–Trinajstić information content (AvgIpc) is 2.74. The van der Waals surface area contributed by atoms with Crippen LogP contribution in [0.4, 0.5) is 4.39 Å². The zero-order valence-electron chi connectivity index (χ0n) is 7.78. The molecule has 0 saturated carbocycles. The highest BCUT2D eigenvalue weighted by atomic mass is 79.9. The van der Waals surface area contributed by atoms with E-state index in [9.17, 15) is 4.39 Å². The highest BCUT2D eigenvalue weighted by Gasteiger charge is 2.15. The Morgan fingerprint density at radius 1 is 1.33 bits per heavy atom. The van der Waals surface area contributed by atoms with Gasteiger partial charge in [-0.25, -0.2) is 4.39 Å². The van der Waals surface area contributed by atoms with Crippen LogP contribution in [0.3, 0.4) is 0 Å². The summed E-state index contributed by atoms with van der Waals surface area (Å²) in [6, 6.07) is 6.29. The van der Waals surface area contributed by atoms with E-state index in [0.29, 0.717) is 10.0 Å². The van der Waals surface area contributed by atoms with Gasteiger partial charge in [0, 0.05) is 11.1 Å². The molecule has 0 aliphatic rings. The second kappa shape index (κ2) is 4.16. The fourth-order valence-corrected chi connectivity index (χ4v) is 1.77. The number of hydrogen-bond donors (Lipinski definition) is 1. The fourth-order valence-electron chi connectivity index (χ4n) is 1.39. The molecule has 2 N–H and O–H groups in total. The van der Waals surface area contributed by atoms with Gasteiger partial charge >= 0.3 is 0 Å². The topological polar surface area (TPSA) is 39.2 Å². The first-order chi connectivity index (χ1) is 7.20. The van der Waals surface area contributed by atoms with Gasteiger partial charge in [-0.15, -0.1) is 0 Å². The van der Waals surface area contributed by atoms with Crippen molar-refractivity contribution in [1.82, 2.24) is 0 Å². The van der Waals surface area contributed by atoms with E-state index in [2.05, 4.69) is 15.9 Å². The molecule has 1 aromatic heterocycles. The predicted octanol–water partition coefficient (Wildman–Crippen LogP) is 3.23. The van der Waals surface area contributed by atoms with E-state index >= 15 is 0 Å². The smallest absolute Gasteiger partial charge is 0.142 e. The molecule has 0 radical (unpaired) electrons. The van der Waals surface area contributed by atoms with Crippen molar-refractivity contribution in [2.75, 3.05) is 0 Å². The minimum Gasteiger partial charge on any atom is -0.472 e. The number of furan rings is 1. The van der Waals surface area contributed by atoms with Crippen molar-refractivity contribution < 1.29 is 8.81 Å². The molecule has 0 saturated heterocycles. The van der Waals surface area contributed by atoms with E-state index in [1.165, 1.54) is 12.5 Å². The lowest BCUT2D eigenvalue weighted by Gasteiger charge is -2.11. The van der Waals surface area contributed by atoms with Gasteiger partial charge in [-0.05, 0) is 28.1 Å². The van der Waals surface area contributed by atoms with Crippen molar-refractivity contribution in [2.24, 2.45) is 5.73 Å². The summed E-state index contributed by atoms with van der Waals surface area (Å²) in [4.78, 5) is 0. The van der Waals surface area contributed by atoms with Crippen molar-refractivity contribution in [3.8, 4) is 0 Å². The molecule has 1 heterocycles. The lowest BCUT2D eigenvalue weighted by Crippen LogP contribution is -2.12. The third-order valence-corrected chi connectivity index (χ3v) is 2.83. The molecule has 0 aliphatic carbocycles. The molecule has 15 heavy (non-hydrogen) atoms. The van der Waals surface area contributed by atoms with Crippen molar-refractivity contribution in [3.05, 3.63) is 58.2 Å². The van der Waals surface area contributed by atoms with Crippen LogP contribution in [0, 0.1) is 5.82 Å². The van der Waals surface area contributed by atoms with Gasteiger partial charge in [0.05, 0.1) is 23.0 Å². The van der Waals surface area contributed by atoms with Crippen LogP contribution in [0.25, 0.3) is 0 Å². The molecule has 0 fully saturated rings. The predicted molar refractivity (Wildman–Crippen MR) is 58.8 cm³/mol. The van der Waals surface area contributed by atoms with E-state index in [-0.39, 0.29) is 5.82 Å². The number of benzene rings is 1. The Hall–Kier alpha value is -1.13. The Morgan fingerprint density at radius 3 is 2.80 bits per heavy atom. The summed E-state index contributed by atoms with van der Waals surface area (Å²) >= 11 is 3.12. The summed E-state index contributed by atoms with van der Waals surface area (Å²) in [5, 5.41) is 0. The van der Waals surface area contributed by atoms with Gasteiger partial charge in [0.1, 0.15) is 5.82 Å². The fraction of sp³-hybridized carbons (Fsp3) is 0.0909. The molecule has 2 aromatic rings. The third kappa shape index (κ3) is 1.96. The molecule has 1 atom stereocenters. The van der Waals surface area contributed by atoms with E-state index < -0.39 is 6.04 Å². The molecule has 78 valence electrons. The van der Waals surface area contributed by atoms with Gasteiger partial charge in [-0.2, -0.15) is 0 Å². The molecule has 0 bridgehead atoms. The van der Waals surface area contributed by atoms with Gasteiger partial charge in [-0.3, -0.25) is 0 Å². The zero-order chi connectivity index (χ0) is 10.8. The van der Waals surface area contributed by atoms with E-state index in [0.717, 1.165) is 5.56 Å². The van der Waals surface area contributed by atoms with Crippen molar-refractivity contribution in [1.29, 1.82) is 0 Å². The van der Waals surface area contributed by atoms with Crippen LogP contribution in [0.2, 0.25) is 0 Å². The molecule has 1 unspecified atom stereocenters. The lowest BCUT2D eigenvalue weighted by atomic mass is 10.0. The maximum atomic E-state index is 13.7. The lowest BCUT2D eigenvalue weighted by molar-refractivity contribution is 0.558. The Balaban J connectivity index is 2.42. The summed E-state index contributed by atoms with van der Waals surface area (Å²) in [6.45, 7) is 0. The van der Waals surface area contributed by atoms with Gasteiger partial charge in [0.15, 0.2) is 0 Å². The normalized spacial score (nSPS) is 12.7. The second-order valence-electron chi connectivity index (χ2n) is 3.18. The van der Waals surface area contributed by atoms with Crippen LogP contribution in [-0.4, -0.2) is 0 Å². The zero-order valence-corrected chi connectivity index (χ0v) is 9.37. The second-order valence-corrected chi connectivity index (χ2v) is 4.03. The van der Waals surface area contributed by atoms with Crippen molar-refractivity contribution in [2.45, 2.75) is 6.04 Å². The Kier molecular flexibility index (Phi) is 2.88. The van der Waals surface area contributed by atoms with Gasteiger partial charge in [-0.1, -0.05) is 12.1 Å². The maximum Gasteiger partial charge on any atom is 0.142 e. The van der Waals surface area contributed by atoms with Crippen molar-refractivity contribution in [3.63, 3.8) is 0 Å². The van der Waals surface area contributed by atoms with Gasteiger partial charge < -0.3 is 10.2 Å².